The second-order valence-electron chi connectivity index (χ2n) is 3.22. The summed E-state index contributed by atoms with van der Waals surface area (Å²) in [5, 5.41) is 14.3. The largest absolute Gasteiger partial charge is 0.409 e. The Hall–Kier alpha value is -1.30. The Bertz CT molecular complexity index is 206. The van der Waals surface area contributed by atoms with Gasteiger partial charge in [-0.1, -0.05) is 5.16 Å². The quantitative estimate of drug-likeness (QED) is 0.145. The maximum atomic E-state index is 10.4. The van der Waals surface area contributed by atoms with Crippen molar-refractivity contribution in [2.24, 2.45) is 16.6 Å². The van der Waals surface area contributed by atoms with Crippen LogP contribution in [0, 0.1) is 0 Å². The van der Waals surface area contributed by atoms with Gasteiger partial charge in [0, 0.05) is 18.9 Å². The highest BCUT2D eigenvalue weighted by Crippen LogP contribution is 1.92. The van der Waals surface area contributed by atoms with Crippen LogP contribution in [0.1, 0.15) is 26.2 Å². The van der Waals surface area contributed by atoms with Crippen molar-refractivity contribution >= 4 is 11.7 Å². The standard InChI is InChI=1S/C8H18N4O2/c1-6(5-7(9)12-14)11-4-2-3-8(10)13/h6,11,14H,2-5H2,1H3,(H2,9,12)(H2,10,13). The van der Waals surface area contributed by atoms with E-state index in [9.17, 15) is 4.79 Å². The van der Waals surface area contributed by atoms with Crippen LogP contribution in [0.4, 0.5) is 0 Å². The molecule has 0 spiro atoms. The molecule has 14 heavy (non-hydrogen) atoms. The summed E-state index contributed by atoms with van der Waals surface area (Å²) < 4.78 is 0. The van der Waals surface area contributed by atoms with E-state index in [-0.39, 0.29) is 17.8 Å². The highest BCUT2D eigenvalue weighted by Gasteiger charge is 2.03. The van der Waals surface area contributed by atoms with Gasteiger partial charge >= 0.3 is 0 Å². The van der Waals surface area contributed by atoms with E-state index in [0.29, 0.717) is 25.8 Å². The summed E-state index contributed by atoms with van der Waals surface area (Å²) in [6, 6.07) is 0.124. The number of rotatable bonds is 7. The zero-order chi connectivity index (χ0) is 11.0. The fourth-order valence-electron chi connectivity index (χ4n) is 1.04. The van der Waals surface area contributed by atoms with Crippen LogP contribution in [0.25, 0.3) is 0 Å². The molecule has 82 valence electrons. The van der Waals surface area contributed by atoms with Gasteiger partial charge in [0.25, 0.3) is 0 Å². The number of oxime groups is 1. The van der Waals surface area contributed by atoms with Gasteiger partial charge in [-0.2, -0.15) is 0 Å². The van der Waals surface area contributed by atoms with Crippen LogP contribution in [0.3, 0.4) is 0 Å². The molecule has 0 saturated heterocycles. The zero-order valence-corrected chi connectivity index (χ0v) is 8.36. The Kier molecular flexibility index (Phi) is 6.47. The van der Waals surface area contributed by atoms with Crippen molar-refractivity contribution in [1.82, 2.24) is 5.32 Å². The topological polar surface area (TPSA) is 114 Å². The highest BCUT2D eigenvalue weighted by atomic mass is 16.4. The molecular formula is C8H18N4O2. The molecule has 1 unspecified atom stereocenters. The fourth-order valence-corrected chi connectivity index (χ4v) is 1.04. The first-order valence-electron chi connectivity index (χ1n) is 4.54. The minimum Gasteiger partial charge on any atom is -0.409 e. The van der Waals surface area contributed by atoms with Crippen molar-refractivity contribution in [1.29, 1.82) is 0 Å². The van der Waals surface area contributed by atoms with Crippen LogP contribution in [0.15, 0.2) is 5.16 Å². The van der Waals surface area contributed by atoms with Crippen molar-refractivity contribution in [2.75, 3.05) is 6.54 Å². The molecule has 1 amide bonds. The lowest BCUT2D eigenvalue weighted by Crippen LogP contribution is -2.32. The van der Waals surface area contributed by atoms with Gasteiger partial charge in [0.15, 0.2) is 0 Å². The number of hydrogen-bond acceptors (Lipinski definition) is 4. The monoisotopic (exact) mass is 202 g/mol. The van der Waals surface area contributed by atoms with Crippen LogP contribution >= 0.6 is 0 Å². The molecule has 0 fully saturated rings. The number of nitrogens with one attached hydrogen (secondary N) is 1. The summed E-state index contributed by atoms with van der Waals surface area (Å²) in [6.07, 6.45) is 1.56. The molecule has 0 rings (SSSR count). The Morgan fingerprint density at radius 3 is 2.71 bits per heavy atom. The normalized spacial score (nSPS) is 13.9. The van der Waals surface area contributed by atoms with Crippen molar-refractivity contribution in [3.05, 3.63) is 0 Å². The molecule has 1 atom stereocenters. The number of amides is 1. The Labute approximate surface area is 83.3 Å². The molecule has 0 aliphatic heterocycles. The summed E-state index contributed by atoms with van der Waals surface area (Å²) in [4.78, 5) is 10.4. The third kappa shape index (κ3) is 7.35. The summed E-state index contributed by atoms with van der Waals surface area (Å²) in [5.74, 6) is -0.101. The molecule has 0 aromatic rings. The minimum absolute atomic E-state index is 0.124. The SMILES string of the molecule is CC(CC(N)=NO)NCCCC(N)=O. The Balaban J connectivity index is 3.44. The van der Waals surface area contributed by atoms with Gasteiger partial charge in [0.2, 0.25) is 5.91 Å². The van der Waals surface area contributed by atoms with Crippen LogP contribution in [-0.4, -0.2) is 29.5 Å². The lowest BCUT2D eigenvalue weighted by molar-refractivity contribution is -0.118. The van der Waals surface area contributed by atoms with Gasteiger partial charge < -0.3 is 22.0 Å². The summed E-state index contributed by atoms with van der Waals surface area (Å²) in [5.41, 5.74) is 10.3. The first-order valence-corrected chi connectivity index (χ1v) is 4.54. The maximum Gasteiger partial charge on any atom is 0.217 e. The maximum absolute atomic E-state index is 10.4. The van der Waals surface area contributed by atoms with E-state index >= 15 is 0 Å². The van der Waals surface area contributed by atoms with Gasteiger partial charge in [-0.05, 0) is 19.9 Å². The summed E-state index contributed by atoms with van der Waals surface area (Å²) >= 11 is 0. The predicted molar refractivity (Wildman–Crippen MR) is 53.9 cm³/mol. The molecule has 0 saturated carbocycles. The Morgan fingerprint density at radius 2 is 2.21 bits per heavy atom. The fraction of sp³-hybridized carbons (Fsp3) is 0.750. The van der Waals surface area contributed by atoms with Crippen molar-refractivity contribution < 1.29 is 10.0 Å². The number of carbonyl (C=O) groups is 1. The van der Waals surface area contributed by atoms with E-state index < -0.39 is 0 Å². The number of hydrogen-bond donors (Lipinski definition) is 4. The molecule has 6 nitrogen and oxygen atoms in total. The van der Waals surface area contributed by atoms with Gasteiger partial charge in [-0.15, -0.1) is 0 Å². The molecule has 0 heterocycles. The van der Waals surface area contributed by atoms with E-state index in [1.807, 2.05) is 6.92 Å². The molecule has 0 bridgehead atoms. The second-order valence-corrected chi connectivity index (χ2v) is 3.22. The van der Waals surface area contributed by atoms with Gasteiger partial charge in [0.05, 0.1) is 0 Å². The summed E-state index contributed by atoms with van der Waals surface area (Å²) in [7, 11) is 0. The molecule has 6 N–H and O–H groups in total. The molecule has 0 aliphatic rings. The minimum atomic E-state index is -0.295. The lowest BCUT2D eigenvalue weighted by Gasteiger charge is -2.11. The van der Waals surface area contributed by atoms with E-state index in [1.54, 1.807) is 0 Å². The average molecular weight is 202 g/mol. The number of nitrogens with zero attached hydrogens (tertiary/aromatic N) is 1. The van der Waals surface area contributed by atoms with Gasteiger partial charge in [-0.3, -0.25) is 4.79 Å². The molecule has 0 radical (unpaired) electrons. The molecule has 6 heteroatoms. The van der Waals surface area contributed by atoms with Crippen LogP contribution < -0.4 is 16.8 Å². The van der Waals surface area contributed by atoms with E-state index in [1.165, 1.54) is 0 Å². The predicted octanol–water partition coefficient (Wildman–Crippen LogP) is -0.634. The third-order valence-corrected chi connectivity index (χ3v) is 1.74. The lowest BCUT2D eigenvalue weighted by atomic mass is 10.2. The zero-order valence-electron chi connectivity index (χ0n) is 8.36. The Morgan fingerprint density at radius 1 is 1.57 bits per heavy atom. The third-order valence-electron chi connectivity index (χ3n) is 1.74. The van der Waals surface area contributed by atoms with E-state index in [4.69, 9.17) is 16.7 Å². The molecule has 0 aromatic heterocycles. The molecular weight excluding hydrogens is 184 g/mol. The van der Waals surface area contributed by atoms with Crippen LogP contribution in [0.5, 0.6) is 0 Å². The first kappa shape index (κ1) is 12.7. The smallest absolute Gasteiger partial charge is 0.217 e. The highest BCUT2D eigenvalue weighted by molar-refractivity contribution is 5.80. The van der Waals surface area contributed by atoms with Gasteiger partial charge in [0.1, 0.15) is 5.84 Å². The first-order chi connectivity index (χ1) is 6.56. The van der Waals surface area contributed by atoms with Crippen LogP contribution in [0.2, 0.25) is 0 Å². The number of primary amides is 1. The van der Waals surface area contributed by atoms with Gasteiger partial charge in [-0.25, -0.2) is 0 Å². The second kappa shape index (κ2) is 7.14. The van der Waals surface area contributed by atoms with Crippen molar-refractivity contribution in [2.45, 2.75) is 32.2 Å². The van der Waals surface area contributed by atoms with E-state index in [0.717, 1.165) is 0 Å². The van der Waals surface area contributed by atoms with Crippen LogP contribution in [-0.2, 0) is 4.79 Å². The summed E-state index contributed by atoms with van der Waals surface area (Å²) in [6.45, 7) is 2.62. The number of amidine groups is 1. The van der Waals surface area contributed by atoms with Crippen molar-refractivity contribution in [3.8, 4) is 0 Å². The molecule has 0 aliphatic carbocycles. The number of nitrogens with two attached hydrogens (primary N) is 2. The molecule has 0 aromatic carbocycles. The van der Waals surface area contributed by atoms with Crippen molar-refractivity contribution in [3.63, 3.8) is 0 Å². The van der Waals surface area contributed by atoms with E-state index in [2.05, 4.69) is 10.5 Å². The average Bonchev–Trinajstić information content (AvgIpc) is 2.12. The number of carbonyl (C=O) groups excluding carboxylic acids is 1.